The van der Waals surface area contributed by atoms with Crippen molar-refractivity contribution in [2.45, 2.75) is 12.1 Å². The average Bonchev–Trinajstić information content (AvgIpc) is 3.32. The van der Waals surface area contributed by atoms with Gasteiger partial charge >= 0.3 is 0 Å². The number of ether oxygens (including phenoxy) is 1. The fourth-order valence-corrected chi connectivity index (χ4v) is 4.30. The van der Waals surface area contributed by atoms with E-state index in [2.05, 4.69) is 31.0 Å². The second-order valence-electron chi connectivity index (χ2n) is 8.69. The SMILES string of the molecule is CNc1cc(Nc2cccn(-c3ccccn3)c2=O)nn2c(C(=O)N[C@@H]3CN(C4COC4)C3=O)cnc12. The van der Waals surface area contributed by atoms with Crippen LogP contribution in [0.5, 0.6) is 0 Å². The van der Waals surface area contributed by atoms with Crippen LogP contribution in [-0.2, 0) is 9.53 Å². The van der Waals surface area contributed by atoms with Crippen molar-refractivity contribution in [1.29, 1.82) is 0 Å². The van der Waals surface area contributed by atoms with Crippen LogP contribution in [0.4, 0.5) is 17.2 Å². The van der Waals surface area contributed by atoms with Gasteiger partial charge < -0.3 is 25.6 Å². The highest BCUT2D eigenvalue weighted by molar-refractivity contribution is 5.99. The van der Waals surface area contributed by atoms with Gasteiger partial charge in [-0.2, -0.15) is 0 Å². The molecular formula is C24H23N9O4. The van der Waals surface area contributed by atoms with Crippen LogP contribution in [-0.4, -0.2) is 79.8 Å². The number of aromatic nitrogens is 5. The Balaban J connectivity index is 1.27. The van der Waals surface area contributed by atoms with Crippen LogP contribution in [0.25, 0.3) is 11.5 Å². The molecule has 13 nitrogen and oxygen atoms in total. The lowest BCUT2D eigenvalue weighted by atomic mass is 10.0. The molecule has 0 aromatic carbocycles. The summed E-state index contributed by atoms with van der Waals surface area (Å²) in [6, 6.07) is 9.84. The molecule has 188 valence electrons. The van der Waals surface area contributed by atoms with Gasteiger partial charge in [-0.15, -0.1) is 5.10 Å². The number of imidazole rings is 1. The van der Waals surface area contributed by atoms with E-state index in [0.29, 0.717) is 42.7 Å². The molecule has 0 radical (unpaired) electrons. The number of likely N-dealkylation sites (tertiary alicyclic amines) is 1. The molecule has 37 heavy (non-hydrogen) atoms. The number of rotatable bonds is 7. The van der Waals surface area contributed by atoms with Crippen LogP contribution < -0.4 is 21.5 Å². The van der Waals surface area contributed by atoms with E-state index in [9.17, 15) is 14.4 Å². The molecule has 0 aliphatic carbocycles. The first-order valence-electron chi connectivity index (χ1n) is 11.7. The van der Waals surface area contributed by atoms with Crippen molar-refractivity contribution in [3.05, 3.63) is 71.0 Å². The minimum atomic E-state index is -0.599. The van der Waals surface area contributed by atoms with E-state index in [0.717, 1.165) is 0 Å². The fourth-order valence-electron chi connectivity index (χ4n) is 4.30. The number of pyridine rings is 2. The first kappa shape index (κ1) is 22.7. The van der Waals surface area contributed by atoms with Crippen molar-refractivity contribution >= 4 is 34.7 Å². The van der Waals surface area contributed by atoms with E-state index >= 15 is 0 Å². The first-order valence-corrected chi connectivity index (χ1v) is 11.7. The number of carbonyl (C=O) groups is 2. The lowest BCUT2D eigenvalue weighted by molar-refractivity contribution is -0.160. The predicted molar refractivity (Wildman–Crippen MR) is 133 cm³/mol. The van der Waals surface area contributed by atoms with Gasteiger partial charge in [0, 0.05) is 25.5 Å². The summed E-state index contributed by atoms with van der Waals surface area (Å²) in [5.74, 6) is 0.197. The summed E-state index contributed by atoms with van der Waals surface area (Å²) in [5.41, 5.74) is 1.13. The molecule has 13 heteroatoms. The number of nitrogens with zero attached hydrogens (tertiary/aromatic N) is 6. The Morgan fingerprint density at radius 1 is 1.11 bits per heavy atom. The standard InChI is InChI=1S/C24H23N9O4/c1-25-16-9-19(28-15-5-4-8-31(23(15)35)20-6-2-3-7-26-20)30-33-18(10-27-21(16)33)22(34)29-17-11-32(24(17)36)14-12-37-13-14/h2-10,14,17,25H,11-13H2,1H3,(H,28,30)(H,29,34)/t17-/m1/s1. The molecule has 6 rings (SSSR count). The molecular weight excluding hydrogens is 478 g/mol. The number of nitrogens with one attached hydrogen (secondary N) is 3. The third-order valence-corrected chi connectivity index (χ3v) is 6.40. The second kappa shape index (κ2) is 9.02. The zero-order valence-electron chi connectivity index (χ0n) is 19.8. The Bertz CT molecular complexity index is 1560. The monoisotopic (exact) mass is 501 g/mol. The summed E-state index contributed by atoms with van der Waals surface area (Å²) >= 11 is 0. The molecule has 2 amide bonds. The average molecular weight is 502 g/mol. The molecule has 0 unspecified atom stereocenters. The molecule has 2 saturated heterocycles. The molecule has 3 N–H and O–H groups in total. The van der Waals surface area contributed by atoms with Crippen molar-refractivity contribution < 1.29 is 14.3 Å². The summed E-state index contributed by atoms with van der Waals surface area (Å²) in [7, 11) is 1.72. The first-order chi connectivity index (χ1) is 18.0. The molecule has 2 fully saturated rings. The van der Waals surface area contributed by atoms with Gasteiger partial charge in [-0.25, -0.2) is 14.5 Å². The van der Waals surface area contributed by atoms with Crippen LogP contribution in [0.3, 0.4) is 0 Å². The quantitative estimate of drug-likeness (QED) is 0.306. The minimum Gasteiger partial charge on any atom is -0.385 e. The lowest BCUT2D eigenvalue weighted by Crippen LogP contribution is -2.69. The van der Waals surface area contributed by atoms with Crippen LogP contribution in [0.15, 0.2) is 59.8 Å². The minimum absolute atomic E-state index is 0.0881. The highest BCUT2D eigenvalue weighted by Crippen LogP contribution is 2.23. The molecule has 0 saturated carbocycles. The van der Waals surface area contributed by atoms with Crippen LogP contribution in [0, 0.1) is 0 Å². The maximum Gasteiger partial charge on any atom is 0.279 e. The fraction of sp³-hybridized carbons (Fsp3) is 0.250. The number of hydrogen-bond donors (Lipinski definition) is 3. The third kappa shape index (κ3) is 3.94. The molecule has 0 spiro atoms. The van der Waals surface area contributed by atoms with E-state index in [4.69, 9.17) is 4.74 Å². The summed E-state index contributed by atoms with van der Waals surface area (Å²) in [6.45, 7) is 1.49. The Hall–Kier alpha value is -4.78. The van der Waals surface area contributed by atoms with Crippen LogP contribution >= 0.6 is 0 Å². The molecule has 6 heterocycles. The Morgan fingerprint density at radius 2 is 1.97 bits per heavy atom. The zero-order chi connectivity index (χ0) is 25.5. The van der Waals surface area contributed by atoms with Crippen LogP contribution in [0.1, 0.15) is 10.5 Å². The Kier molecular flexibility index (Phi) is 5.53. The van der Waals surface area contributed by atoms with Gasteiger partial charge in [0.05, 0.1) is 37.7 Å². The van der Waals surface area contributed by atoms with Gasteiger partial charge in [-0.1, -0.05) is 6.07 Å². The van der Waals surface area contributed by atoms with E-state index in [1.807, 2.05) is 0 Å². The van der Waals surface area contributed by atoms with E-state index < -0.39 is 11.9 Å². The lowest BCUT2D eigenvalue weighted by Gasteiger charge is -2.46. The Morgan fingerprint density at radius 3 is 2.68 bits per heavy atom. The van der Waals surface area contributed by atoms with Crippen molar-refractivity contribution in [2.24, 2.45) is 0 Å². The van der Waals surface area contributed by atoms with E-state index in [1.54, 1.807) is 60.7 Å². The zero-order valence-corrected chi connectivity index (χ0v) is 19.8. The largest absolute Gasteiger partial charge is 0.385 e. The number of amides is 2. The Labute approximate surface area is 210 Å². The van der Waals surface area contributed by atoms with Crippen molar-refractivity contribution in [1.82, 2.24) is 34.4 Å². The molecule has 0 bridgehead atoms. The van der Waals surface area contributed by atoms with Crippen molar-refractivity contribution in [2.75, 3.05) is 37.4 Å². The number of fused-ring (bicyclic) bond motifs is 1. The second-order valence-corrected chi connectivity index (χ2v) is 8.69. The maximum absolute atomic E-state index is 13.1. The highest BCUT2D eigenvalue weighted by atomic mass is 16.5. The van der Waals surface area contributed by atoms with Gasteiger partial charge in [-0.3, -0.25) is 19.0 Å². The summed E-state index contributed by atoms with van der Waals surface area (Å²) in [6.07, 6.45) is 4.64. The number of β-lactam (4-membered cyclic amide) rings is 1. The number of carbonyl (C=O) groups excluding carboxylic acids is 2. The molecule has 1 atom stereocenters. The van der Waals surface area contributed by atoms with Gasteiger partial charge in [-0.05, 0) is 24.3 Å². The normalized spacial score (nSPS) is 17.3. The third-order valence-electron chi connectivity index (χ3n) is 6.40. The van der Waals surface area contributed by atoms with Crippen molar-refractivity contribution in [3.63, 3.8) is 0 Å². The number of anilines is 3. The van der Waals surface area contributed by atoms with E-state index in [-0.39, 0.29) is 28.9 Å². The van der Waals surface area contributed by atoms with Gasteiger partial charge in [0.1, 0.15) is 17.5 Å². The molecule has 2 aliphatic rings. The molecule has 4 aromatic heterocycles. The summed E-state index contributed by atoms with van der Waals surface area (Å²) in [5, 5.41) is 13.4. The van der Waals surface area contributed by atoms with Crippen molar-refractivity contribution in [3.8, 4) is 5.82 Å². The van der Waals surface area contributed by atoms with E-state index in [1.165, 1.54) is 15.3 Å². The topological polar surface area (TPSA) is 148 Å². The summed E-state index contributed by atoms with van der Waals surface area (Å²) < 4.78 is 7.94. The molecule has 2 aliphatic heterocycles. The van der Waals surface area contributed by atoms with Gasteiger partial charge in [0.25, 0.3) is 11.5 Å². The molecule has 4 aromatic rings. The smallest absolute Gasteiger partial charge is 0.279 e. The van der Waals surface area contributed by atoms with Crippen LogP contribution in [0.2, 0.25) is 0 Å². The van der Waals surface area contributed by atoms with Gasteiger partial charge in [0.2, 0.25) is 5.91 Å². The predicted octanol–water partition coefficient (Wildman–Crippen LogP) is 0.400. The maximum atomic E-state index is 13.1. The van der Waals surface area contributed by atoms with Gasteiger partial charge in [0.15, 0.2) is 17.2 Å². The highest BCUT2D eigenvalue weighted by Gasteiger charge is 2.44. The summed E-state index contributed by atoms with van der Waals surface area (Å²) in [4.78, 5) is 48.9. The number of hydrogen-bond acceptors (Lipinski definition) is 9.